The smallest absolute Gasteiger partial charge is 0.267 e. The van der Waals surface area contributed by atoms with Crippen LogP contribution in [0.25, 0.3) is 17.8 Å². The molecule has 15 heteroatoms. The average molecular weight is 620 g/mol. The fourth-order valence-electron chi connectivity index (χ4n) is 4.95. The maximum Gasteiger partial charge on any atom is 0.267 e. The van der Waals surface area contributed by atoms with E-state index in [0.29, 0.717) is 53.2 Å². The van der Waals surface area contributed by atoms with Gasteiger partial charge in [-0.3, -0.25) is 18.8 Å². The molecular formula is C29H37N11O3S. The van der Waals surface area contributed by atoms with E-state index in [2.05, 4.69) is 57.0 Å². The number of carbonyl (C=O) groups is 2. The second-order valence-electron chi connectivity index (χ2n) is 12.1. The number of hydrogen-bond donors (Lipinski definition) is 3. The number of anilines is 2. The molecule has 1 fully saturated rings. The van der Waals surface area contributed by atoms with Crippen LogP contribution in [0.15, 0.2) is 28.5 Å². The van der Waals surface area contributed by atoms with Crippen LogP contribution in [0.2, 0.25) is 0 Å². The average Bonchev–Trinajstić information content (AvgIpc) is 3.64. The predicted octanol–water partition coefficient (Wildman–Crippen LogP) is 1.96. The third-order valence-corrected chi connectivity index (χ3v) is 7.86. The van der Waals surface area contributed by atoms with E-state index in [1.54, 1.807) is 30.5 Å². The summed E-state index contributed by atoms with van der Waals surface area (Å²) in [6, 6.07) is 3.40. The first-order chi connectivity index (χ1) is 21.0. The summed E-state index contributed by atoms with van der Waals surface area (Å²) in [6.45, 7) is 7.67. The second-order valence-corrected chi connectivity index (χ2v) is 13.0. The molecule has 0 unspecified atom stereocenters. The van der Waals surface area contributed by atoms with Gasteiger partial charge in [0.05, 0.1) is 24.2 Å². The van der Waals surface area contributed by atoms with E-state index < -0.39 is 0 Å². The van der Waals surface area contributed by atoms with Crippen LogP contribution in [-0.4, -0.2) is 91.5 Å². The van der Waals surface area contributed by atoms with E-state index in [1.165, 1.54) is 15.7 Å². The number of aromatic nitrogens is 7. The molecule has 44 heavy (non-hydrogen) atoms. The highest BCUT2D eigenvalue weighted by molar-refractivity contribution is 7.13. The summed E-state index contributed by atoms with van der Waals surface area (Å²) in [5.74, 6) is 0.546. The zero-order valence-corrected chi connectivity index (χ0v) is 26.3. The van der Waals surface area contributed by atoms with E-state index in [0.717, 1.165) is 18.5 Å². The largest absolute Gasteiger partial charge is 0.354 e. The van der Waals surface area contributed by atoms with Gasteiger partial charge in [-0.15, -0.1) is 21.5 Å². The van der Waals surface area contributed by atoms with Crippen LogP contribution in [0.1, 0.15) is 56.3 Å². The number of nitrogens with one attached hydrogen (secondary N) is 3. The number of nitrogens with zero attached hydrogens (tertiary/aromatic N) is 8. The highest BCUT2D eigenvalue weighted by Gasteiger charge is 2.26. The lowest BCUT2D eigenvalue weighted by molar-refractivity contribution is -0.122. The number of amides is 2. The van der Waals surface area contributed by atoms with Gasteiger partial charge in [-0.2, -0.15) is 5.21 Å². The molecule has 1 aliphatic heterocycles. The Labute approximate surface area is 258 Å². The second kappa shape index (κ2) is 13.0. The third-order valence-electron chi connectivity index (χ3n) is 7.10. The minimum Gasteiger partial charge on any atom is -0.354 e. The molecule has 0 aromatic carbocycles. The predicted molar refractivity (Wildman–Crippen MR) is 170 cm³/mol. The molecule has 5 rings (SSSR count). The van der Waals surface area contributed by atoms with Crippen molar-refractivity contribution in [3.8, 4) is 0 Å². The molecule has 5 heterocycles. The Hall–Kier alpha value is -4.50. The topological polar surface area (TPSA) is 166 Å². The normalized spacial score (nSPS) is 15.8. The molecule has 0 saturated carbocycles. The van der Waals surface area contributed by atoms with E-state index in [-0.39, 0.29) is 35.3 Å². The molecule has 0 bridgehead atoms. The van der Waals surface area contributed by atoms with Gasteiger partial charge < -0.3 is 20.4 Å². The first-order valence-electron chi connectivity index (χ1n) is 14.4. The first kappa shape index (κ1) is 30.9. The molecule has 0 aliphatic carbocycles. The standard InChI is InChI=1S/C29H37N11O3S/c1-29(2,3)21-17-44-28(31-21)33-24(41)14-18-10-12-40-23(13-18)32-26(20(27(40)43)8-9-22-34-36-37-35-22)39-11-6-7-19(15-39)30-25(42)16-38(4)5/h8-10,12-13,17,19H,6-7,11,14-16H2,1-5H3,(H,30,42)(H,31,33,41)(H,34,35,36,37)/b9-8+/t19-/m0/s1. The van der Waals surface area contributed by atoms with Crippen LogP contribution in [0.4, 0.5) is 10.9 Å². The van der Waals surface area contributed by atoms with Crippen LogP contribution in [0.3, 0.4) is 0 Å². The summed E-state index contributed by atoms with van der Waals surface area (Å²) in [6.07, 6.45) is 6.60. The van der Waals surface area contributed by atoms with Gasteiger partial charge >= 0.3 is 0 Å². The Morgan fingerprint density at radius 1 is 1.20 bits per heavy atom. The maximum absolute atomic E-state index is 13.8. The number of tetrazole rings is 1. The molecule has 3 N–H and O–H groups in total. The van der Waals surface area contributed by atoms with Crippen molar-refractivity contribution < 1.29 is 9.59 Å². The van der Waals surface area contributed by atoms with Crippen molar-refractivity contribution in [3.05, 3.63) is 56.7 Å². The Kier molecular flexibility index (Phi) is 9.15. The zero-order valence-electron chi connectivity index (χ0n) is 25.5. The van der Waals surface area contributed by atoms with Gasteiger partial charge in [0.1, 0.15) is 11.5 Å². The van der Waals surface area contributed by atoms with E-state index in [9.17, 15) is 14.4 Å². The first-order valence-corrected chi connectivity index (χ1v) is 15.3. The number of thiazole rings is 1. The SMILES string of the molecule is CN(C)CC(=O)N[C@H]1CCCN(c2nc3cc(CC(=O)Nc4nc(C(C)(C)C)cs4)ccn3c(=O)c2/C=C/c2nn[nH]n2)C1. The number of hydrogen-bond acceptors (Lipinski definition) is 11. The summed E-state index contributed by atoms with van der Waals surface area (Å²) in [5.41, 5.74) is 2.00. The van der Waals surface area contributed by atoms with Crippen molar-refractivity contribution in [2.45, 2.75) is 51.5 Å². The van der Waals surface area contributed by atoms with Crippen molar-refractivity contribution in [2.75, 3.05) is 43.9 Å². The molecule has 2 amide bonds. The van der Waals surface area contributed by atoms with Crippen molar-refractivity contribution in [3.63, 3.8) is 0 Å². The van der Waals surface area contributed by atoms with Gasteiger partial charge in [-0.1, -0.05) is 20.8 Å². The number of carbonyl (C=O) groups excluding carboxylic acids is 2. The molecule has 0 radical (unpaired) electrons. The van der Waals surface area contributed by atoms with E-state index >= 15 is 0 Å². The molecule has 232 valence electrons. The molecule has 0 spiro atoms. The highest BCUT2D eigenvalue weighted by atomic mass is 32.1. The summed E-state index contributed by atoms with van der Waals surface area (Å²) in [5, 5.41) is 22.3. The molecule has 4 aromatic rings. The molecule has 14 nitrogen and oxygen atoms in total. The Balaban J connectivity index is 1.43. The fraction of sp³-hybridized carbons (Fsp3) is 0.448. The van der Waals surface area contributed by atoms with Crippen LogP contribution in [-0.2, 0) is 21.4 Å². The summed E-state index contributed by atoms with van der Waals surface area (Å²) in [7, 11) is 3.70. The van der Waals surface area contributed by atoms with Gasteiger partial charge in [0.2, 0.25) is 11.8 Å². The van der Waals surface area contributed by atoms with Gasteiger partial charge in [0.25, 0.3) is 5.56 Å². The molecule has 1 atom stereocenters. The van der Waals surface area contributed by atoms with Crippen LogP contribution in [0.5, 0.6) is 0 Å². The lowest BCUT2D eigenvalue weighted by atomic mass is 9.93. The van der Waals surface area contributed by atoms with E-state index in [4.69, 9.17) is 4.98 Å². The lowest BCUT2D eigenvalue weighted by Gasteiger charge is -2.35. The third kappa shape index (κ3) is 7.52. The van der Waals surface area contributed by atoms with Gasteiger partial charge in [0.15, 0.2) is 11.0 Å². The maximum atomic E-state index is 13.8. The van der Waals surface area contributed by atoms with Crippen molar-refractivity contribution in [1.29, 1.82) is 0 Å². The van der Waals surface area contributed by atoms with Crippen LogP contribution < -0.4 is 21.1 Å². The molecule has 1 saturated heterocycles. The van der Waals surface area contributed by atoms with Crippen molar-refractivity contribution in [1.82, 2.24) is 45.2 Å². The Morgan fingerprint density at radius 2 is 2.02 bits per heavy atom. The number of aromatic amines is 1. The lowest BCUT2D eigenvalue weighted by Crippen LogP contribution is -2.50. The van der Waals surface area contributed by atoms with E-state index in [1.807, 2.05) is 29.3 Å². The zero-order chi connectivity index (χ0) is 31.4. The summed E-state index contributed by atoms with van der Waals surface area (Å²) < 4.78 is 1.46. The Bertz CT molecular complexity index is 1720. The Morgan fingerprint density at radius 3 is 2.73 bits per heavy atom. The number of H-pyrrole nitrogens is 1. The van der Waals surface area contributed by atoms with Gasteiger partial charge in [-0.25, -0.2) is 9.97 Å². The molecular weight excluding hydrogens is 582 g/mol. The summed E-state index contributed by atoms with van der Waals surface area (Å²) >= 11 is 1.39. The van der Waals surface area contributed by atoms with Gasteiger partial charge in [-0.05, 0) is 62.0 Å². The number of piperidine rings is 1. The quantitative estimate of drug-likeness (QED) is 0.252. The van der Waals surface area contributed by atoms with Crippen LogP contribution in [0, 0.1) is 0 Å². The van der Waals surface area contributed by atoms with Crippen molar-refractivity contribution in [2.24, 2.45) is 0 Å². The van der Waals surface area contributed by atoms with Crippen LogP contribution >= 0.6 is 11.3 Å². The number of likely N-dealkylation sites (N-methyl/N-ethyl adjacent to an activating group) is 1. The van der Waals surface area contributed by atoms with Crippen molar-refractivity contribution >= 4 is 51.9 Å². The fourth-order valence-corrected chi connectivity index (χ4v) is 5.90. The minimum atomic E-state index is -0.281. The molecule has 4 aromatic heterocycles. The number of rotatable bonds is 9. The van der Waals surface area contributed by atoms with Gasteiger partial charge in [0, 0.05) is 36.1 Å². The number of pyridine rings is 1. The molecule has 1 aliphatic rings. The summed E-state index contributed by atoms with van der Waals surface area (Å²) in [4.78, 5) is 52.5. The minimum absolute atomic E-state index is 0.0547. The highest BCUT2D eigenvalue weighted by Crippen LogP contribution is 2.27. The monoisotopic (exact) mass is 619 g/mol. The number of fused-ring (bicyclic) bond motifs is 1.